The largest absolute Gasteiger partial charge is 0.349 e. The lowest BCUT2D eigenvalue weighted by atomic mass is 10.2. The monoisotopic (exact) mass is 170 g/mol. The summed E-state index contributed by atoms with van der Waals surface area (Å²) < 4.78 is 16.4. The molecule has 1 spiro atoms. The highest BCUT2D eigenvalue weighted by atomic mass is 16.8. The molecule has 1 saturated heterocycles. The van der Waals surface area contributed by atoms with Gasteiger partial charge in [-0.05, 0) is 25.5 Å². The standard InChI is InChI=1S/C9H14O3/c1-2-10-8-4-6-9(12-8)5-3-7-11-9/h4,6,8H,2-3,5,7H2,1H3. The molecule has 0 aromatic carbocycles. The van der Waals surface area contributed by atoms with Crippen LogP contribution in [0, 0.1) is 0 Å². The average Bonchev–Trinajstić information content (AvgIpc) is 2.65. The van der Waals surface area contributed by atoms with Crippen LogP contribution in [0.1, 0.15) is 19.8 Å². The molecule has 2 aliphatic rings. The van der Waals surface area contributed by atoms with Gasteiger partial charge in [0, 0.05) is 13.0 Å². The van der Waals surface area contributed by atoms with Crippen LogP contribution in [0.3, 0.4) is 0 Å². The van der Waals surface area contributed by atoms with Gasteiger partial charge in [0.25, 0.3) is 0 Å². The third-order valence-corrected chi connectivity index (χ3v) is 2.17. The Labute approximate surface area is 72.3 Å². The maximum Gasteiger partial charge on any atom is 0.191 e. The molecule has 0 aromatic rings. The Morgan fingerprint density at radius 3 is 3.25 bits per heavy atom. The van der Waals surface area contributed by atoms with Crippen molar-refractivity contribution in [3.63, 3.8) is 0 Å². The van der Waals surface area contributed by atoms with Crippen molar-refractivity contribution in [2.75, 3.05) is 13.2 Å². The summed E-state index contributed by atoms with van der Waals surface area (Å²) in [5, 5.41) is 0. The van der Waals surface area contributed by atoms with Gasteiger partial charge in [0.1, 0.15) is 0 Å². The van der Waals surface area contributed by atoms with Crippen LogP contribution in [0.25, 0.3) is 0 Å². The summed E-state index contributed by atoms with van der Waals surface area (Å²) in [4.78, 5) is 0. The maximum atomic E-state index is 5.59. The van der Waals surface area contributed by atoms with Gasteiger partial charge in [-0.2, -0.15) is 0 Å². The van der Waals surface area contributed by atoms with Gasteiger partial charge < -0.3 is 14.2 Å². The Balaban J connectivity index is 1.93. The highest BCUT2D eigenvalue weighted by Crippen LogP contribution is 2.34. The van der Waals surface area contributed by atoms with Gasteiger partial charge in [-0.15, -0.1) is 0 Å². The molecular weight excluding hydrogens is 156 g/mol. The third kappa shape index (κ3) is 1.40. The summed E-state index contributed by atoms with van der Waals surface area (Å²) in [5.41, 5.74) is 0. The van der Waals surface area contributed by atoms with E-state index in [0.717, 1.165) is 19.4 Å². The first-order chi connectivity index (χ1) is 5.85. The van der Waals surface area contributed by atoms with Gasteiger partial charge in [-0.25, -0.2) is 0 Å². The van der Waals surface area contributed by atoms with Crippen molar-refractivity contribution < 1.29 is 14.2 Å². The molecule has 3 nitrogen and oxygen atoms in total. The molecule has 0 radical (unpaired) electrons. The van der Waals surface area contributed by atoms with E-state index in [1.807, 2.05) is 19.1 Å². The summed E-state index contributed by atoms with van der Waals surface area (Å²) in [6.45, 7) is 3.42. The average molecular weight is 170 g/mol. The van der Waals surface area contributed by atoms with Crippen LogP contribution in [-0.2, 0) is 14.2 Å². The fourth-order valence-electron chi connectivity index (χ4n) is 1.61. The van der Waals surface area contributed by atoms with E-state index < -0.39 is 5.79 Å². The summed E-state index contributed by atoms with van der Waals surface area (Å²) >= 11 is 0. The minimum Gasteiger partial charge on any atom is -0.349 e. The zero-order chi connectivity index (χ0) is 8.44. The molecule has 0 saturated carbocycles. The third-order valence-electron chi connectivity index (χ3n) is 2.17. The second kappa shape index (κ2) is 3.17. The van der Waals surface area contributed by atoms with E-state index in [4.69, 9.17) is 14.2 Å². The molecular formula is C9H14O3. The summed E-state index contributed by atoms with van der Waals surface area (Å²) in [6.07, 6.45) is 5.72. The van der Waals surface area contributed by atoms with Crippen molar-refractivity contribution in [1.29, 1.82) is 0 Å². The van der Waals surface area contributed by atoms with E-state index in [2.05, 4.69) is 0 Å². The zero-order valence-electron chi connectivity index (χ0n) is 7.29. The van der Waals surface area contributed by atoms with Crippen LogP contribution in [0.4, 0.5) is 0 Å². The lowest BCUT2D eigenvalue weighted by Crippen LogP contribution is -2.28. The second-order valence-corrected chi connectivity index (χ2v) is 3.06. The lowest BCUT2D eigenvalue weighted by molar-refractivity contribution is -0.238. The number of hydrogen-bond acceptors (Lipinski definition) is 3. The smallest absolute Gasteiger partial charge is 0.191 e. The van der Waals surface area contributed by atoms with Crippen LogP contribution in [-0.4, -0.2) is 25.3 Å². The molecule has 0 N–H and O–H groups in total. The maximum absolute atomic E-state index is 5.59. The molecule has 2 atom stereocenters. The molecule has 68 valence electrons. The first-order valence-electron chi connectivity index (χ1n) is 4.47. The molecule has 2 aliphatic heterocycles. The fourth-order valence-corrected chi connectivity index (χ4v) is 1.61. The van der Waals surface area contributed by atoms with E-state index in [-0.39, 0.29) is 6.29 Å². The van der Waals surface area contributed by atoms with Crippen molar-refractivity contribution >= 4 is 0 Å². The molecule has 2 unspecified atom stereocenters. The molecule has 1 fully saturated rings. The SMILES string of the molecule is CCOC1C=CC2(CCCO2)O1. The predicted molar refractivity (Wildman–Crippen MR) is 43.6 cm³/mol. The normalized spacial score (nSPS) is 39.9. The van der Waals surface area contributed by atoms with Crippen molar-refractivity contribution in [3.05, 3.63) is 12.2 Å². The molecule has 0 bridgehead atoms. The quantitative estimate of drug-likeness (QED) is 0.587. The van der Waals surface area contributed by atoms with Gasteiger partial charge in [-0.1, -0.05) is 0 Å². The minimum absolute atomic E-state index is 0.201. The minimum atomic E-state index is -0.445. The van der Waals surface area contributed by atoms with Crippen LogP contribution in [0.5, 0.6) is 0 Å². The molecule has 12 heavy (non-hydrogen) atoms. The van der Waals surface area contributed by atoms with Crippen molar-refractivity contribution in [1.82, 2.24) is 0 Å². The number of rotatable bonds is 2. The highest BCUT2D eigenvalue weighted by molar-refractivity contribution is 5.06. The summed E-state index contributed by atoms with van der Waals surface area (Å²) in [6, 6.07) is 0. The van der Waals surface area contributed by atoms with E-state index in [9.17, 15) is 0 Å². The molecule has 3 heteroatoms. The first-order valence-corrected chi connectivity index (χ1v) is 4.47. The topological polar surface area (TPSA) is 27.7 Å². The van der Waals surface area contributed by atoms with E-state index in [1.54, 1.807) is 0 Å². The Bertz CT molecular complexity index is 182. The number of ether oxygens (including phenoxy) is 3. The van der Waals surface area contributed by atoms with Gasteiger partial charge in [0.2, 0.25) is 0 Å². The predicted octanol–water partition coefficient (Wildman–Crippen LogP) is 1.44. The van der Waals surface area contributed by atoms with Crippen molar-refractivity contribution in [3.8, 4) is 0 Å². The molecule has 0 aromatic heterocycles. The lowest BCUT2D eigenvalue weighted by Gasteiger charge is -2.22. The molecule has 0 amide bonds. The van der Waals surface area contributed by atoms with Crippen LogP contribution < -0.4 is 0 Å². The first kappa shape index (κ1) is 8.23. The molecule has 2 heterocycles. The molecule has 0 aliphatic carbocycles. The summed E-state index contributed by atoms with van der Waals surface area (Å²) in [7, 11) is 0. The van der Waals surface area contributed by atoms with Gasteiger partial charge in [0.05, 0.1) is 6.61 Å². The fraction of sp³-hybridized carbons (Fsp3) is 0.778. The molecule has 2 rings (SSSR count). The van der Waals surface area contributed by atoms with Gasteiger partial charge in [0.15, 0.2) is 12.1 Å². The van der Waals surface area contributed by atoms with E-state index in [0.29, 0.717) is 6.61 Å². The van der Waals surface area contributed by atoms with Crippen LogP contribution in [0.2, 0.25) is 0 Å². The van der Waals surface area contributed by atoms with Crippen LogP contribution in [0.15, 0.2) is 12.2 Å². The van der Waals surface area contributed by atoms with E-state index in [1.165, 1.54) is 0 Å². The Hall–Kier alpha value is -0.380. The Morgan fingerprint density at radius 2 is 2.58 bits per heavy atom. The van der Waals surface area contributed by atoms with Gasteiger partial charge >= 0.3 is 0 Å². The second-order valence-electron chi connectivity index (χ2n) is 3.06. The van der Waals surface area contributed by atoms with Crippen molar-refractivity contribution in [2.45, 2.75) is 31.8 Å². The highest BCUT2D eigenvalue weighted by Gasteiger charge is 2.39. The summed E-state index contributed by atoms with van der Waals surface area (Å²) in [5.74, 6) is -0.445. The van der Waals surface area contributed by atoms with Gasteiger partial charge in [-0.3, -0.25) is 0 Å². The Morgan fingerprint density at radius 1 is 1.67 bits per heavy atom. The van der Waals surface area contributed by atoms with Crippen LogP contribution >= 0.6 is 0 Å². The van der Waals surface area contributed by atoms with Crippen molar-refractivity contribution in [2.24, 2.45) is 0 Å². The number of hydrogen-bond donors (Lipinski definition) is 0. The Kier molecular flexibility index (Phi) is 2.17. The zero-order valence-corrected chi connectivity index (χ0v) is 7.29. The van der Waals surface area contributed by atoms with E-state index >= 15 is 0 Å².